The molecule has 3 fully saturated rings. The van der Waals surface area contributed by atoms with Crippen LogP contribution in [0.1, 0.15) is 50.3 Å². The van der Waals surface area contributed by atoms with Crippen molar-refractivity contribution in [2.24, 2.45) is 17.8 Å². The second kappa shape index (κ2) is 10.2. The van der Waals surface area contributed by atoms with Gasteiger partial charge in [0.15, 0.2) is 0 Å². The maximum atomic E-state index is 13.9. The van der Waals surface area contributed by atoms with Gasteiger partial charge in [-0.2, -0.15) is 0 Å². The number of anilines is 1. The fourth-order valence-electron chi connectivity index (χ4n) is 6.18. The van der Waals surface area contributed by atoms with Crippen LogP contribution >= 0.6 is 0 Å². The Morgan fingerprint density at radius 3 is 2.58 bits per heavy atom. The van der Waals surface area contributed by atoms with E-state index in [0.29, 0.717) is 36.3 Å². The van der Waals surface area contributed by atoms with E-state index in [-0.39, 0.29) is 12.0 Å². The average molecular weight is 458 g/mol. The molecule has 8 nitrogen and oxygen atoms in total. The molecule has 1 aromatic heterocycles. The standard InChI is InChI=1S/C25H39N5O3/c1-17-13-19-14-26-25(27-20-6-11-33-12-7-20)28-23(19)16-30(17)24(31)21-3-8-29(2)15-22(21)18-4-9-32-10-5-18/h14,17-18,20-22H,3-13,15-16H2,1-2H3,(H,26,27,28)/t17-,21+,22-/m1/s1. The van der Waals surface area contributed by atoms with Crippen LogP contribution in [-0.4, -0.2) is 84.3 Å². The van der Waals surface area contributed by atoms with Gasteiger partial charge < -0.3 is 24.6 Å². The van der Waals surface area contributed by atoms with Gasteiger partial charge in [0.25, 0.3) is 0 Å². The normalized spacial score (nSPS) is 30.1. The highest BCUT2D eigenvalue weighted by atomic mass is 16.5. The Kier molecular flexibility index (Phi) is 7.13. The van der Waals surface area contributed by atoms with Crippen molar-refractivity contribution in [2.45, 2.75) is 64.1 Å². The number of hydrogen-bond donors (Lipinski definition) is 1. The summed E-state index contributed by atoms with van der Waals surface area (Å²) in [6.07, 6.45) is 7.85. The lowest BCUT2D eigenvalue weighted by molar-refractivity contribution is -0.144. The third-order valence-corrected chi connectivity index (χ3v) is 8.21. The monoisotopic (exact) mass is 457 g/mol. The largest absolute Gasteiger partial charge is 0.381 e. The van der Waals surface area contributed by atoms with Crippen LogP contribution in [0.5, 0.6) is 0 Å². The van der Waals surface area contributed by atoms with Crippen LogP contribution in [0.4, 0.5) is 5.95 Å². The minimum absolute atomic E-state index is 0.106. The zero-order valence-electron chi connectivity index (χ0n) is 20.2. The number of ether oxygens (including phenoxy) is 2. The first kappa shape index (κ1) is 23.0. The molecule has 0 aliphatic carbocycles. The molecule has 3 saturated heterocycles. The quantitative estimate of drug-likeness (QED) is 0.743. The van der Waals surface area contributed by atoms with Gasteiger partial charge in [0.2, 0.25) is 11.9 Å². The number of hydrogen-bond acceptors (Lipinski definition) is 7. The summed E-state index contributed by atoms with van der Waals surface area (Å²) >= 11 is 0. The van der Waals surface area contributed by atoms with Crippen LogP contribution in [0.15, 0.2) is 6.20 Å². The molecular formula is C25H39N5O3. The SMILES string of the molecule is C[C@@H]1Cc2cnc(NC3CCOCC3)nc2CN1C(=O)[C@H]1CCN(C)C[C@@H]1C1CCOCC1. The summed E-state index contributed by atoms with van der Waals surface area (Å²) in [5.74, 6) is 2.12. The molecular weight excluding hydrogens is 418 g/mol. The Bertz CT molecular complexity index is 824. The molecule has 1 N–H and O–H groups in total. The number of amides is 1. The second-order valence-corrected chi connectivity index (χ2v) is 10.5. The smallest absolute Gasteiger partial charge is 0.226 e. The van der Waals surface area contributed by atoms with Crippen molar-refractivity contribution in [1.29, 1.82) is 0 Å². The molecule has 5 rings (SSSR count). The summed E-state index contributed by atoms with van der Waals surface area (Å²) in [7, 11) is 2.19. The van der Waals surface area contributed by atoms with E-state index in [4.69, 9.17) is 14.5 Å². The molecule has 1 amide bonds. The molecule has 0 unspecified atom stereocenters. The van der Waals surface area contributed by atoms with Crippen molar-refractivity contribution in [1.82, 2.24) is 19.8 Å². The van der Waals surface area contributed by atoms with Crippen LogP contribution in [0.3, 0.4) is 0 Å². The molecule has 5 heterocycles. The van der Waals surface area contributed by atoms with Gasteiger partial charge in [-0.15, -0.1) is 0 Å². The number of likely N-dealkylation sites (tertiary alicyclic amines) is 1. The Morgan fingerprint density at radius 2 is 1.82 bits per heavy atom. The number of rotatable bonds is 4. The van der Waals surface area contributed by atoms with Gasteiger partial charge in [0, 0.05) is 57.2 Å². The van der Waals surface area contributed by atoms with Crippen LogP contribution in [0, 0.1) is 17.8 Å². The van der Waals surface area contributed by atoms with Gasteiger partial charge >= 0.3 is 0 Å². The highest BCUT2D eigenvalue weighted by Gasteiger charge is 2.42. The molecule has 182 valence electrons. The molecule has 0 spiro atoms. The predicted octanol–water partition coefficient (Wildman–Crippen LogP) is 2.34. The fraction of sp³-hybridized carbons (Fsp3) is 0.800. The summed E-state index contributed by atoms with van der Waals surface area (Å²) in [5, 5.41) is 3.48. The Morgan fingerprint density at radius 1 is 1.09 bits per heavy atom. The minimum atomic E-state index is 0.106. The second-order valence-electron chi connectivity index (χ2n) is 10.5. The van der Waals surface area contributed by atoms with Gasteiger partial charge in [-0.3, -0.25) is 4.79 Å². The number of carbonyl (C=O) groups excluding carboxylic acids is 1. The molecule has 3 atom stereocenters. The van der Waals surface area contributed by atoms with E-state index in [1.807, 2.05) is 6.20 Å². The van der Waals surface area contributed by atoms with Gasteiger partial charge in [-0.05, 0) is 76.4 Å². The van der Waals surface area contributed by atoms with Crippen molar-refractivity contribution >= 4 is 11.9 Å². The molecule has 0 bridgehead atoms. The van der Waals surface area contributed by atoms with Crippen molar-refractivity contribution in [2.75, 3.05) is 51.9 Å². The molecule has 0 radical (unpaired) electrons. The number of fused-ring (bicyclic) bond motifs is 1. The lowest BCUT2D eigenvalue weighted by atomic mass is 9.73. The Hall–Kier alpha value is -1.77. The maximum absolute atomic E-state index is 13.9. The first-order valence-corrected chi connectivity index (χ1v) is 12.8. The molecule has 8 heteroatoms. The summed E-state index contributed by atoms with van der Waals surface area (Å²) in [6, 6.07) is 0.536. The third-order valence-electron chi connectivity index (χ3n) is 8.21. The van der Waals surface area contributed by atoms with Gasteiger partial charge in [-0.25, -0.2) is 9.97 Å². The summed E-state index contributed by atoms with van der Waals surface area (Å²) in [5.41, 5.74) is 2.18. The number of piperidine rings is 1. The summed E-state index contributed by atoms with van der Waals surface area (Å²) < 4.78 is 11.1. The van der Waals surface area contributed by atoms with Gasteiger partial charge in [0.1, 0.15) is 0 Å². The lowest BCUT2D eigenvalue weighted by Gasteiger charge is -2.45. The number of aromatic nitrogens is 2. The van der Waals surface area contributed by atoms with Crippen LogP contribution in [-0.2, 0) is 27.2 Å². The van der Waals surface area contributed by atoms with Crippen LogP contribution < -0.4 is 5.32 Å². The van der Waals surface area contributed by atoms with Crippen molar-refractivity contribution in [3.05, 3.63) is 17.5 Å². The number of nitrogens with one attached hydrogen (secondary N) is 1. The van der Waals surface area contributed by atoms with Crippen molar-refractivity contribution < 1.29 is 14.3 Å². The maximum Gasteiger partial charge on any atom is 0.226 e. The highest BCUT2D eigenvalue weighted by Crippen LogP contribution is 2.37. The van der Waals surface area contributed by atoms with Crippen molar-refractivity contribution in [3.8, 4) is 0 Å². The molecule has 0 aromatic carbocycles. The van der Waals surface area contributed by atoms with E-state index >= 15 is 0 Å². The molecule has 4 aliphatic heterocycles. The van der Waals surface area contributed by atoms with Gasteiger partial charge in [-0.1, -0.05) is 0 Å². The van der Waals surface area contributed by atoms with E-state index < -0.39 is 0 Å². The zero-order valence-corrected chi connectivity index (χ0v) is 20.2. The topological polar surface area (TPSA) is 79.8 Å². The lowest BCUT2D eigenvalue weighted by Crippen LogP contribution is -2.52. The number of carbonyl (C=O) groups is 1. The van der Waals surface area contributed by atoms with Crippen LogP contribution in [0.2, 0.25) is 0 Å². The van der Waals surface area contributed by atoms with Crippen molar-refractivity contribution in [3.63, 3.8) is 0 Å². The van der Waals surface area contributed by atoms with Crippen LogP contribution in [0.25, 0.3) is 0 Å². The first-order chi connectivity index (χ1) is 16.1. The predicted molar refractivity (Wildman–Crippen MR) is 126 cm³/mol. The first-order valence-electron chi connectivity index (χ1n) is 12.8. The Labute approximate surface area is 197 Å². The molecule has 0 saturated carbocycles. The van der Waals surface area contributed by atoms with E-state index in [1.54, 1.807) is 0 Å². The minimum Gasteiger partial charge on any atom is -0.381 e. The molecule has 33 heavy (non-hydrogen) atoms. The third kappa shape index (κ3) is 5.17. The van der Waals surface area contributed by atoms with E-state index in [0.717, 1.165) is 83.7 Å². The molecule has 4 aliphatic rings. The van der Waals surface area contributed by atoms with Gasteiger partial charge in [0.05, 0.1) is 12.2 Å². The average Bonchev–Trinajstić information content (AvgIpc) is 2.84. The summed E-state index contributed by atoms with van der Waals surface area (Å²) in [4.78, 5) is 27.9. The highest BCUT2D eigenvalue weighted by molar-refractivity contribution is 5.80. The zero-order chi connectivity index (χ0) is 22.8. The van der Waals surface area contributed by atoms with E-state index in [1.165, 1.54) is 5.56 Å². The number of nitrogens with zero attached hydrogens (tertiary/aromatic N) is 4. The van der Waals surface area contributed by atoms with E-state index in [9.17, 15) is 4.79 Å². The fourth-order valence-corrected chi connectivity index (χ4v) is 6.18. The van der Waals surface area contributed by atoms with E-state index in [2.05, 4.69) is 34.1 Å². The summed E-state index contributed by atoms with van der Waals surface area (Å²) in [6.45, 7) is 8.01. The molecule has 1 aromatic rings. The Balaban J connectivity index is 1.30.